The number of piperidine rings is 1. The van der Waals surface area contributed by atoms with E-state index < -0.39 is 17.4 Å². The molecule has 1 aromatic carbocycles. The summed E-state index contributed by atoms with van der Waals surface area (Å²) in [5.41, 5.74) is -0.734. The number of thioether (sulfide) groups is 1. The number of ether oxygens (including phenoxy) is 1. The monoisotopic (exact) mass is 392 g/mol. The summed E-state index contributed by atoms with van der Waals surface area (Å²) in [6.45, 7) is 0.962. The Kier molecular flexibility index (Phi) is 6.06. The molecule has 0 aliphatic carbocycles. The van der Waals surface area contributed by atoms with E-state index in [0.29, 0.717) is 31.7 Å². The molecular weight excluding hydrogens is 368 g/mol. The Balaban J connectivity index is 1.64. The van der Waals surface area contributed by atoms with Gasteiger partial charge in [0.2, 0.25) is 11.8 Å². The molecule has 2 amide bonds. The molecule has 7 nitrogen and oxygen atoms in total. The fraction of sp³-hybridized carbons (Fsp3) is 0.526. The molecule has 146 valence electrons. The van der Waals surface area contributed by atoms with Crippen molar-refractivity contribution in [3.63, 3.8) is 0 Å². The SMILES string of the molecule is COC(=O)C1CC(=O)N(OC)C12CCN(C(=O)CSc1ccccc1)CC2. The number of nitrogens with zero attached hydrogens (tertiary/aromatic N) is 2. The largest absolute Gasteiger partial charge is 0.469 e. The van der Waals surface area contributed by atoms with E-state index in [1.807, 2.05) is 30.3 Å². The van der Waals surface area contributed by atoms with Crippen molar-refractivity contribution >= 4 is 29.5 Å². The van der Waals surface area contributed by atoms with Crippen molar-refractivity contribution < 1.29 is 24.0 Å². The summed E-state index contributed by atoms with van der Waals surface area (Å²) in [5, 5.41) is 1.33. The van der Waals surface area contributed by atoms with Crippen molar-refractivity contribution in [3.05, 3.63) is 30.3 Å². The fourth-order valence-corrected chi connectivity index (χ4v) is 4.84. The van der Waals surface area contributed by atoms with Gasteiger partial charge < -0.3 is 9.64 Å². The van der Waals surface area contributed by atoms with Gasteiger partial charge in [0.25, 0.3) is 0 Å². The highest BCUT2D eigenvalue weighted by Crippen LogP contribution is 2.44. The minimum Gasteiger partial charge on any atom is -0.469 e. The Morgan fingerprint density at radius 3 is 2.44 bits per heavy atom. The highest BCUT2D eigenvalue weighted by atomic mass is 32.2. The number of carbonyl (C=O) groups excluding carboxylic acids is 3. The summed E-state index contributed by atoms with van der Waals surface area (Å²) in [6.07, 6.45) is 1.07. The van der Waals surface area contributed by atoms with Gasteiger partial charge in [0.1, 0.15) is 0 Å². The molecule has 0 aromatic heterocycles. The van der Waals surface area contributed by atoms with E-state index in [4.69, 9.17) is 9.57 Å². The quantitative estimate of drug-likeness (QED) is 0.561. The maximum absolute atomic E-state index is 12.6. The van der Waals surface area contributed by atoms with Gasteiger partial charge in [-0.15, -0.1) is 11.8 Å². The van der Waals surface area contributed by atoms with E-state index in [9.17, 15) is 14.4 Å². The van der Waals surface area contributed by atoms with Crippen LogP contribution in [0, 0.1) is 5.92 Å². The third-order valence-electron chi connectivity index (χ3n) is 5.41. The number of esters is 1. The molecule has 2 heterocycles. The van der Waals surface area contributed by atoms with E-state index in [1.54, 1.807) is 4.90 Å². The molecule has 8 heteroatoms. The lowest BCUT2D eigenvalue weighted by atomic mass is 9.77. The maximum Gasteiger partial charge on any atom is 0.311 e. The van der Waals surface area contributed by atoms with Crippen LogP contribution in [0.5, 0.6) is 0 Å². The second kappa shape index (κ2) is 8.31. The van der Waals surface area contributed by atoms with E-state index >= 15 is 0 Å². The van der Waals surface area contributed by atoms with Crippen LogP contribution in [0.25, 0.3) is 0 Å². The first-order valence-corrected chi connectivity index (χ1v) is 9.91. The molecule has 3 rings (SSSR count). The molecule has 2 aliphatic rings. The zero-order chi connectivity index (χ0) is 19.4. The van der Waals surface area contributed by atoms with Gasteiger partial charge in [0, 0.05) is 24.4 Å². The molecule has 27 heavy (non-hydrogen) atoms. The van der Waals surface area contributed by atoms with Crippen LogP contribution in [0.2, 0.25) is 0 Å². The van der Waals surface area contributed by atoms with Gasteiger partial charge in [0.05, 0.1) is 31.4 Å². The molecule has 1 spiro atoms. The van der Waals surface area contributed by atoms with Crippen LogP contribution in [0.3, 0.4) is 0 Å². The lowest BCUT2D eigenvalue weighted by Gasteiger charge is -2.45. The van der Waals surface area contributed by atoms with E-state index in [0.717, 1.165) is 4.90 Å². The third-order valence-corrected chi connectivity index (χ3v) is 6.41. The standard InChI is InChI=1S/C19H24N2O5S/c1-25-18(24)15-12-16(22)21(26-2)19(15)8-10-20(11-9-19)17(23)13-27-14-6-4-3-5-7-14/h3-7,15H,8-13H2,1-2H3. The summed E-state index contributed by atoms with van der Waals surface area (Å²) in [5.74, 6) is -0.758. The number of hydrogen-bond acceptors (Lipinski definition) is 6. The van der Waals surface area contributed by atoms with Gasteiger partial charge in [-0.05, 0) is 25.0 Å². The van der Waals surface area contributed by atoms with Gasteiger partial charge in [-0.1, -0.05) is 18.2 Å². The molecule has 2 saturated heterocycles. The predicted octanol–water partition coefficient (Wildman–Crippen LogP) is 1.72. The Labute approximate surface area is 162 Å². The van der Waals surface area contributed by atoms with Crippen LogP contribution in [0.15, 0.2) is 35.2 Å². The van der Waals surface area contributed by atoms with Crippen molar-refractivity contribution in [3.8, 4) is 0 Å². The Morgan fingerprint density at radius 2 is 1.85 bits per heavy atom. The average molecular weight is 392 g/mol. The minimum atomic E-state index is -0.734. The molecular formula is C19H24N2O5S. The van der Waals surface area contributed by atoms with E-state index in [-0.39, 0.29) is 18.2 Å². The Morgan fingerprint density at radius 1 is 1.19 bits per heavy atom. The summed E-state index contributed by atoms with van der Waals surface area (Å²) in [6, 6.07) is 9.79. The Bertz CT molecular complexity index is 701. The van der Waals surface area contributed by atoms with Crippen LogP contribution < -0.4 is 0 Å². The smallest absolute Gasteiger partial charge is 0.311 e. The molecule has 0 bridgehead atoms. The molecule has 0 saturated carbocycles. The lowest BCUT2D eigenvalue weighted by molar-refractivity contribution is -0.209. The number of amides is 2. The second-order valence-electron chi connectivity index (χ2n) is 6.74. The number of hydroxylamine groups is 2. The predicted molar refractivity (Wildman–Crippen MR) is 99.7 cm³/mol. The number of carbonyl (C=O) groups is 3. The summed E-state index contributed by atoms with van der Waals surface area (Å²) >= 11 is 1.51. The lowest BCUT2D eigenvalue weighted by Crippen LogP contribution is -2.58. The summed E-state index contributed by atoms with van der Waals surface area (Å²) < 4.78 is 4.91. The topological polar surface area (TPSA) is 76.2 Å². The number of benzene rings is 1. The summed E-state index contributed by atoms with van der Waals surface area (Å²) in [4.78, 5) is 45.2. The van der Waals surface area contributed by atoms with Gasteiger partial charge in [-0.25, -0.2) is 5.06 Å². The van der Waals surface area contributed by atoms with Crippen molar-refractivity contribution in [2.45, 2.75) is 29.7 Å². The molecule has 1 unspecified atom stereocenters. The average Bonchev–Trinajstić information content (AvgIpc) is 2.97. The van der Waals surface area contributed by atoms with Crippen molar-refractivity contribution in [1.82, 2.24) is 9.96 Å². The normalized spacial score (nSPS) is 21.6. The van der Waals surface area contributed by atoms with E-state index in [2.05, 4.69) is 0 Å². The van der Waals surface area contributed by atoms with Gasteiger partial charge in [-0.2, -0.15) is 0 Å². The number of methoxy groups -OCH3 is 1. The van der Waals surface area contributed by atoms with Gasteiger partial charge in [-0.3, -0.25) is 19.2 Å². The third kappa shape index (κ3) is 3.82. The molecule has 2 fully saturated rings. The van der Waals surface area contributed by atoms with Gasteiger partial charge in [0.15, 0.2) is 0 Å². The minimum absolute atomic E-state index is 0.0570. The molecule has 1 aromatic rings. The van der Waals surface area contributed by atoms with Gasteiger partial charge >= 0.3 is 5.97 Å². The highest BCUT2D eigenvalue weighted by Gasteiger charge is 2.58. The van der Waals surface area contributed by atoms with Crippen LogP contribution in [0.1, 0.15) is 19.3 Å². The van der Waals surface area contributed by atoms with Crippen molar-refractivity contribution in [1.29, 1.82) is 0 Å². The fourth-order valence-electron chi connectivity index (χ4n) is 4.01. The zero-order valence-electron chi connectivity index (χ0n) is 15.6. The first-order valence-electron chi connectivity index (χ1n) is 8.92. The first-order chi connectivity index (χ1) is 13.0. The summed E-state index contributed by atoms with van der Waals surface area (Å²) in [7, 11) is 2.77. The van der Waals surface area contributed by atoms with Crippen molar-refractivity contribution in [2.75, 3.05) is 33.1 Å². The zero-order valence-corrected chi connectivity index (χ0v) is 16.4. The van der Waals surface area contributed by atoms with Crippen LogP contribution in [-0.2, 0) is 24.0 Å². The number of likely N-dealkylation sites (tertiary alicyclic amines) is 1. The second-order valence-corrected chi connectivity index (χ2v) is 7.79. The van der Waals surface area contributed by atoms with Crippen molar-refractivity contribution in [2.24, 2.45) is 5.92 Å². The molecule has 2 aliphatic heterocycles. The first kappa shape index (κ1) is 19.7. The number of hydrogen-bond donors (Lipinski definition) is 0. The van der Waals surface area contributed by atoms with Crippen LogP contribution in [-0.4, -0.2) is 66.3 Å². The number of rotatable bonds is 5. The van der Waals surface area contributed by atoms with Crippen LogP contribution >= 0.6 is 11.8 Å². The van der Waals surface area contributed by atoms with E-state index in [1.165, 1.54) is 31.0 Å². The maximum atomic E-state index is 12.6. The Hall–Kier alpha value is -2.06. The van der Waals surface area contributed by atoms with Crippen LogP contribution in [0.4, 0.5) is 0 Å². The molecule has 1 atom stereocenters. The molecule has 0 N–H and O–H groups in total. The highest BCUT2D eigenvalue weighted by molar-refractivity contribution is 8.00. The molecule has 0 radical (unpaired) electrons.